The highest BCUT2D eigenvalue weighted by Gasteiger charge is 2.06. The molecule has 0 unspecified atom stereocenters. The fraction of sp³-hybridized carbons (Fsp3) is 0.133. The highest BCUT2D eigenvalue weighted by molar-refractivity contribution is 5.43. The summed E-state index contributed by atoms with van der Waals surface area (Å²) >= 11 is 0. The van der Waals surface area contributed by atoms with E-state index in [0.717, 1.165) is 11.5 Å². The smallest absolute Gasteiger partial charge is 0.160 e. The summed E-state index contributed by atoms with van der Waals surface area (Å²) in [6, 6.07) is 14.0. The molecular formula is C15H12N4. The van der Waals surface area contributed by atoms with Gasteiger partial charge in [0.25, 0.3) is 0 Å². The van der Waals surface area contributed by atoms with Crippen LogP contribution < -0.4 is 0 Å². The first-order valence-electron chi connectivity index (χ1n) is 6.05. The van der Waals surface area contributed by atoms with E-state index in [0.29, 0.717) is 12.0 Å². The van der Waals surface area contributed by atoms with Crippen molar-refractivity contribution in [3.63, 3.8) is 0 Å². The zero-order valence-electron chi connectivity index (χ0n) is 10.5. The summed E-state index contributed by atoms with van der Waals surface area (Å²) in [6.07, 6.45) is 2.48. The van der Waals surface area contributed by atoms with Gasteiger partial charge in [0.1, 0.15) is 11.9 Å². The molecule has 0 aliphatic heterocycles. The number of fused-ring (bicyclic) bond motifs is 1. The van der Waals surface area contributed by atoms with Crippen molar-refractivity contribution < 1.29 is 0 Å². The molecule has 0 atom stereocenters. The lowest BCUT2D eigenvalue weighted by Crippen LogP contribution is -1.97. The maximum atomic E-state index is 8.94. The molecule has 2 heterocycles. The van der Waals surface area contributed by atoms with Gasteiger partial charge in [-0.25, -0.2) is 0 Å². The Hall–Kier alpha value is -2.67. The van der Waals surface area contributed by atoms with Crippen molar-refractivity contribution in [2.24, 2.45) is 0 Å². The first-order chi connectivity index (χ1) is 9.26. The Balaban J connectivity index is 2.01. The van der Waals surface area contributed by atoms with E-state index in [1.54, 1.807) is 12.3 Å². The number of benzene rings is 1. The molecule has 4 heteroatoms. The van der Waals surface area contributed by atoms with Crippen LogP contribution in [0.25, 0.3) is 5.65 Å². The van der Waals surface area contributed by atoms with Gasteiger partial charge in [0.15, 0.2) is 5.65 Å². The van der Waals surface area contributed by atoms with E-state index in [1.165, 1.54) is 11.1 Å². The first-order valence-corrected chi connectivity index (χ1v) is 6.05. The van der Waals surface area contributed by atoms with Gasteiger partial charge in [-0.05, 0) is 24.6 Å². The third kappa shape index (κ3) is 2.18. The maximum absolute atomic E-state index is 8.94. The standard InChI is InChI=1S/C15H12N4/c1-11-2-4-12(5-3-11)8-15-18-17-14-7-6-13(9-16)10-19(14)15/h2-7,10H,8H2,1H3. The molecule has 0 aliphatic rings. The Bertz CT molecular complexity index is 763. The van der Waals surface area contributed by atoms with Crippen LogP contribution in [-0.4, -0.2) is 14.6 Å². The quantitative estimate of drug-likeness (QED) is 0.700. The summed E-state index contributed by atoms with van der Waals surface area (Å²) in [6.45, 7) is 2.06. The summed E-state index contributed by atoms with van der Waals surface area (Å²) < 4.78 is 1.87. The summed E-state index contributed by atoms with van der Waals surface area (Å²) in [5.74, 6) is 0.843. The van der Waals surface area contributed by atoms with Crippen molar-refractivity contribution in [2.75, 3.05) is 0 Å². The lowest BCUT2D eigenvalue weighted by Gasteiger charge is -2.01. The van der Waals surface area contributed by atoms with Crippen molar-refractivity contribution in [3.8, 4) is 6.07 Å². The van der Waals surface area contributed by atoms with Gasteiger partial charge >= 0.3 is 0 Å². The zero-order valence-corrected chi connectivity index (χ0v) is 10.5. The van der Waals surface area contributed by atoms with Gasteiger partial charge in [0.05, 0.1) is 5.56 Å². The summed E-state index contributed by atoms with van der Waals surface area (Å²) in [5.41, 5.74) is 3.79. The van der Waals surface area contributed by atoms with Gasteiger partial charge in [0.2, 0.25) is 0 Å². The second-order valence-corrected chi connectivity index (χ2v) is 4.54. The molecule has 0 N–H and O–H groups in total. The maximum Gasteiger partial charge on any atom is 0.160 e. The summed E-state index contributed by atoms with van der Waals surface area (Å²) in [5, 5.41) is 17.2. The molecule has 0 saturated carbocycles. The fourth-order valence-corrected chi connectivity index (χ4v) is 2.01. The minimum absolute atomic E-state index is 0.609. The van der Waals surface area contributed by atoms with Crippen LogP contribution in [0.4, 0.5) is 0 Å². The molecule has 1 aromatic carbocycles. The van der Waals surface area contributed by atoms with Crippen LogP contribution in [0, 0.1) is 18.3 Å². The van der Waals surface area contributed by atoms with Crippen LogP contribution in [0.15, 0.2) is 42.6 Å². The largest absolute Gasteiger partial charge is 0.285 e. The monoisotopic (exact) mass is 248 g/mol. The van der Waals surface area contributed by atoms with Gasteiger partial charge in [-0.2, -0.15) is 5.26 Å². The van der Waals surface area contributed by atoms with Crippen LogP contribution in [0.2, 0.25) is 0 Å². The minimum atomic E-state index is 0.609. The molecule has 0 fully saturated rings. The molecule has 4 nitrogen and oxygen atoms in total. The molecule has 3 rings (SSSR count). The molecule has 0 spiro atoms. The summed E-state index contributed by atoms with van der Waals surface area (Å²) in [4.78, 5) is 0. The van der Waals surface area contributed by atoms with E-state index in [1.807, 2.05) is 10.5 Å². The van der Waals surface area contributed by atoms with Crippen LogP contribution in [0.3, 0.4) is 0 Å². The van der Waals surface area contributed by atoms with Crippen LogP contribution in [0.1, 0.15) is 22.5 Å². The number of hydrogen-bond donors (Lipinski definition) is 0. The molecule has 2 aromatic heterocycles. The zero-order chi connectivity index (χ0) is 13.2. The molecule has 0 saturated heterocycles. The van der Waals surface area contributed by atoms with Crippen molar-refractivity contribution in [1.29, 1.82) is 5.26 Å². The van der Waals surface area contributed by atoms with E-state index in [2.05, 4.69) is 47.5 Å². The average molecular weight is 248 g/mol. The van der Waals surface area contributed by atoms with Gasteiger partial charge in [-0.1, -0.05) is 29.8 Å². The second kappa shape index (κ2) is 4.54. The number of aromatic nitrogens is 3. The molecule has 19 heavy (non-hydrogen) atoms. The molecular weight excluding hydrogens is 236 g/mol. The molecule has 0 radical (unpaired) electrons. The van der Waals surface area contributed by atoms with Crippen molar-refractivity contribution >= 4 is 5.65 Å². The lowest BCUT2D eigenvalue weighted by molar-refractivity contribution is 0.933. The van der Waals surface area contributed by atoms with Crippen LogP contribution >= 0.6 is 0 Å². The van der Waals surface area contributed by atoms with Gasteiger partial charge < -0.3 is 0 Å². The summed E-state index contributed by atoms with van der Waals surface area (Å²) in [7, 11) is 0. The Morgan fingerprint density at radius 3 is 2.63 bits per heavy atom. The normalized spacial score (nSPS) is 10.5. The average Bonchev–Trinajstić information content (AvgIpc) is 2.84. The lowest BCUT2D eigenvalue weighted by atomic mass is 10.1. The SMILES string of the molecule is Cc1ccc(Cc2nnc3ccc(C#N)cn23)cc1. The Morgan fingerprint density at radius 1 is 1.11 bits per heavy atom. The predicted molar refractivity (Wildman–Crippen MR) is 71.7 cm³/mol. The molecule has 92 valence electrons. The first kappa shape index (κ1) is 11.4. The van der Waals surface area contributed by atoms with Gasteiger partial charge in [0, 0.05) is 12.6 Å². The van der Waals surface area contributed by atoms with Gasteiger partial charge in [-0.15, -0.1) is 10.2 Å². The van der Waals surface area contributed by atoms with E-state index in [9.17, 15) is 0 Å². The van der Waals surface area contributed by atoms with E-state index < -0.39 is 0 Å². The molecule has 0 aliphatic carbocycles. The Kier molecular flexibility index (Phi) is 2.73. The predicted octanol–water partition coefficient (Wildman–Crippen LogP) is 2.50. The van der Waals surface area contributed by atoms with E-state index >= 15 is 0 Å². The van der Waals surface area contributed by atoms with Crippen LogP contribution in [-0.2, 0) is 6.42 Å². The third-order valence-electron chi connectivity index (χ3n) is 3.08. The number of aryl methyl sites for hydroxylation is 1. The molecule has 3 aromatic rings. The van der Waals surface area contributed by atoms with E-state index in [4.69, 9.17) is 5.26 Å². The number of pyridine rings is 1. The van der Waals surface area contributed by atoms with Crippen molar-refractivity contribution in [2.45, 2.75) is 13.3 Å². The Morgan fingerprint density at radius 2 is 1.89 bits per heavy atom. The number of nitriles is 1. The number of rotatable bonds is 2. The highest BCUT2D eigenvalue weighted by atomic mass is 15.2. The van der Waals surface area contributed by atoms with Crippen molar-refractivity contribution in [3.05, 3.63) is 65.1 Å². The van der Waals surface area contributed by atoms with Crippen molar-refractivity contribution in [1.82, 2.24) is 14.6 Å². The second-order valence-electron chi connectivity index (χ2n) is 4.54. The minimum Gasteiger partial charge on any atom is -0.285 e. The molecule has 0 amide bonds. The topological polar surface area (TPSA) is 54.0 Å². The highest BCUT2D eigenvalue weighted by Crippen LogP contribution is 2.12. The molecule has 0 bridgehead atoms. The van der Waals surface area contributed by atoms with E-state index in [-0.39, 0.29) is 0 Å². The fourth-order valence-electron chi connectivity index (χ4n) is 2.01. The van der Waals surface area contributed by atoms with Gasteiger partial charge in [-0.3, -0.25) is 4.40 Å². The number of hydrogen-bond acceptors (Lipinski definition) is 3. The number of nitrogens with zero attached hydrogens (tertiary/aromatic N) is 4. The Labute approximate surface area is 111 Å². The van der Waals surface area contributed by atoms with Crippen LogP contribution in [0.5, 0.6) is 0 Å². The third-order valence-corrected chi connectivity index (χ3v) is 3.08.